The van der Waals surface area contributed by atoms with Crippen LogP contribution in [0.5, 0.6) is 5.75 Å². The fourth-order valence-corrected chi connectivity index (χ4v) is 2.23. The van der Waals surface area contributed by atoms with E-state index in [-0.39, 0.29) is 36.9 Å². The number of phenols is 1. The lowest BCUT2D eigenvalue weighted by molar-refractivity contribution is -0.121. The number of rotatable bonds is 6. The molecular formula is C14H17N3O4. The van der Waals surface area contributed by atoms with E-state index in [1.807, 2.05) is 0 Å². The molecule has 2 aromatic rings. The Bertz CT molecular complexity index is 678. The van der Waals surface area contributed by atoms with Gasteiger partial charge in [-0.25, -0.2) is 0 Å². The predicted octanol–water partition coefficient (Wildman–Crippen LogP) is 0.0135. The smallest absolute Gasteiger partial charge is 0.265 e. The Balaban J connectivity index is 2.28. The first-order chi connectivity index (χ1) is 10.0. The molecule has 112 valence electrons. The number of phenolic OH excluding ortho intramolecular Hbond substituents is 1. The number of benzene rings is 1. The van der Waals surface area contributed by atoms with Crippen LogP contribution in [-0.2, 0) is 11.2 Å². The molecular weight excluding hydrogens is 274 g/mol. The van der Waals surface area contributed by atoms with Gasteiger partial charge >= 0.3 is 0 Å². The van der Waals surface area contributed by atoms with E-state index in [4.69, 9.17) is 10.8 Å². The molecule has 0 radical (unpaired) electrons. The monoisotopic (exact) mass is 291 g/mol. The number of aromatic amines is 1. The molecule has 2 amide bonds. The van der Waals surface area contributed by atoms with E-state index >= 15 is 0 Å². The maximum absolute atomic E-state index is 11.6. The predicted molar refractivity (Wildman–Crippen MR) is 76.9 cm³/mol. The van der Waals surface area contributed by atoms with Gasteiger partial charge in [0, 0.05) is 23.9 Å². The fraction of sp³-hybridized carbons (Fsp3) is 0.286. The summed E-state index contributed by atoms with van der Waals surface area (Å²) in [6.07, 6.45) is 0.460. The number of aryl methyl sites for hydroxylation is 1. The van der Waals surface area contributed by atoms with E-state index in [2.05, 4.69) is 10.3 Å². The topological polar surface area (TPSA) is 128 Å². The summed E-state index contributed by atoms with van der Waals surface area (Å²) in [7, 11) is 0. The number of H-pyrrole nitrogens is 1. The number of aromatic hydroxyl groups is 1. The summed E-state index contributed by atoms with van der Waals surface area (Å²) >= 11 is 0. The van der Waals surface area contributed by atoms with Gasteiger partial charge in [-0.1, -0.05) is 0 Å². The zero-order valence-electron chi connectivity index (χ0n) is 11.3. The molecule has 0 unspecified atom stereocenters. The Kier molecular flexibility index (Phi) is 4.44. The first-order valence-corrected chi connectivity index (χ1v) is 6.54. The number of fused-ring (bicyclic) bond motifs is 1. The van der Waals surface area contributed by atoms with Crippen molar-refractivity contribution in [1.29, 1.82) is 0 Å². The second kappa shape index (κ2) is 6.27. The zero-order chi connectivity index (χ0) is 15.4. The minimum Gasteiger partial charge on any atom is -0.508 e. The summed E-state index contributed by atoms with van der Waals surface area (Å²) in [6.45, 7) is 0.0649. The summed E-state index contributed by atoms with van der Waals surface area (Å²) in [6, 6.07) is 4.67. The highest BCUT2D eigenvalue weighted by molar-refractivity contribution is 6.00. The van der Waals surface area contributed by atoms with E-state index < -0.39 is 5.91 Å². The Labute approximate surface area is 120 Å². The number of amides is 2. The second-order valence-corrected chi connectivity index (χ2v) is 4.65. The lowest BCUT2D eigenvalue weighted by atomic mass is 10.0. The van der Waals surface area contributed by atoms with Crippen molar-refractivity contribution in [3.05, 3.63) is 29.5 Å². The van der Waals surface area contributed by atoms with Crippen LogP contribution < -0.4 is 11.1 Å². The van der Waals surface area contributed by atoms with Gasteiger partial charge in [0.05, 0.1) is 6.61 Å². The Morgan fingerprint density at radius 3 is 2.76 bits per heavy atom. The molecule has 0 aliphatic rings. The van der Waals surface area contributed by atoms with Gasteiger partial charge in [-0.2, -0.15) is 0 Å². The fourth-order valence-electron chi connectivity index (χ4n) is 2.23. The van der Waals surface area contributed by atoms with Crippen molar-refractivity contribution in [3.63, 3.8) is 0 Å². The molecule has 0 aliphatic carbocycles. The molecule has 21 heavy (non-hydrogen) atoms. The first kappa shape index (κ1) is 14.9. The molecule has 0 saturated carbocycles. The highest BCUT2D eigenvalue weighted by Crippen LogP contribution is 2.27. The quantitative estimate of drug-likeness (QED) is 0.513. The molecule has 0 bridgehead atoms. The summed E-state index contributed by atoms with van der Waals surface area (Å²) in [5.74, 6) is -0.770. The van der Waals surface area contributed by atoms with Crippen LogP contribution in [-0.4, -0.2) is 40.2 Å². The summed E-state index contributed by atoms with van der Waals surface area (Å²) in [4.78, 5) is 26.0. The first-order valence-electron chi connectivity index (χ1n) is 6.54. The normalized spacial score (nSPS) is 10.7. The van der Waals surface area contributed by atoms with Crippen LogP contribution in [0.25, 0.3) is 10.9 Å². The Morgan fingerprint density at radius 1 is 1.33 bits per heavy atom. The summed E-state index contributed by atoms with van der Waals surface area (Å²) in [5.41, 5.74) is 6.86. The number of aromatic nitrogens is 1. The van der Waals surface area contributed by atoms with Gasteiger partial charge in [0.25, 0.3) is 5.91 Å². The van der Waals surface area contributed by atoms with Crippen molar-refractivity contribution in [2.75, 3.05) is 13.2 Å². The Morgan fingerprint density at radius 2 is 2.10 bits per heavy atom. The number of nitrogens with two attached hydrogens (primary N) is 1. The number of carbonyl (C=O) groups is 2. The SMILES string of the molecule is NC(=O)c1[nH]c2ccc(O)cc2c1CCC(=O)NCCO. The van der Waals surface area contributed by atoms with Crippen molar-refractivity contribution in [2.45, 2.75) is 12.8 Å². The molecule has 1 aromatic heterocycles. The molecule has 7 heteroatoms. The van der Waals surface area contributed by atoms with Crippen LogP contribution >= 0.6 is 0 Å². The van der Waals surface area contributed by atoms with Crippen LogP contribution in [0.4, 0.5) is 0 Å². The number of nitrogens with one attached hydrogen (secondary N) is 2. The minimum atomic E-state index is -0.614. The highest BCUT2D eigenvalue weighted by atomic mass is 16.3. The molecule has 1 heterocycles. The van der Waals surface area contributed by atoms with Gasteiger partial charge in [-0.15, -0.1) is 0 Å². The molecule has 0 saturated heterocycles. The zero-order valence-corrected chi connectivity index (χ0v) is 11.3. The van der Waals surface area contributed by atoms with Crippen LogP contribution in [0.3, 0.4) is 0 Å². The highest BCUT2D eigenvalue weighted by Gasteiger charge is 2.16. The molecule has 0 fully saturated rings. The van der Waals surface area contributed by atoms with E-state index in [0.29, 0.717) is 22.9 Å². The molecule has 1 aromatic carbocycles. The molecule has 2 rings (SSSR count). The van der Waals surface area contributed by atoms with Crippen LogP contribution in [0.15, 0.2) is 18.2 Å². The van der Waals surface area contributed by atoms with Crippen molar-refractivity contribution in [3.8, 4) is 5.75 Å². The molecule has 0 spiro atoms. The standard InChI is InChI=1S/C14H17N3O4/c15-14(21)13-9(2-4-12(20)16-5-6-18)10-7-8(19)1-3-11(10)17-13/h1,3,7,17-19H,2,4-6H2,(H2,15,21)(H,16,20). The number of primary amides is 1. The van der Waals surface area contributed by atoms with Gasteiger partial charge in [0.1, 0.15) is 11.4 Å². The van der Waals surface area contributed by atoms with E-state index in [1.54, 1.807) is 6.07 Å². The number of aliphatic hydroxyl groups excluding tert-OH is 1. The van der Waals surface area contributed by atoms with Gasteiger partial charge in [-0.3, -0.25) is 9.59 Å². The van der Waals surface area contributed by atoms with Gasteiger partial charge in [0.15, 0.2) is 0 Å². The number of hydrogen-bond donors (Lipinski definition) is 5. The van der Waals surface area contributed by atoms with Crippen molar-refractivity contribution in [1.82, 2.24) is 10.3 Å². The van der Waals surface area contributed by atoms with Crippen LogP contribution in [0.1, 0.15) is 22.5 Å². The van der Waals surface area contributed by atoms with E-state index in [0.717, 1.165) is 0 Å². The summed E-state index contributed by atoms with van der Waals surface area (Å²) < 4.78 is 0. The van der Waals surface area contributed by atoms with E-state index in [1.165, 1.54) is 12.1 Å². The van der Waals surface area contributed by atoms with Crippen LogP contribution in [0, 0.1) is 0 Å². The molecule has 6 N–H and O–H groups in total. The molecule has 7 nitrogen and oxygen atoms in total. The maximum atomic E-state index is 11.6. The van der Waals surface area contributed by atoms with Gasteiger partial charge in [0.2, 0.25) is 5.91 Å². The van der Waals surface area contributed by atoms with Gasteiger partial charge < -0.3 is 26.2 Å². The third kappa shape index (κ3) is 3.32. The van der Waals surface area contributed by atoms with Crippen LogP contribution in [0.2, 0.25) is 0 Å². The van der Waals surface area contributed by atoms with E-state index in [9.17, 15) is 14.7 Å². The molecule has 0 atom stereocenters. The van der Waals surface area contributed by atoms with Gasteiger partial charge in [-0.05, 0) is 30.2 Å². The lowest BCUT2D eigenvalue weighted by Crippen LogP contribution is -2.26. The minimum absolute atomic E-state index is 0.0727. The number of aliphatic hydroxyl groups is 1. The number of carbonyl (C=O) groups excluding carboxylic acids is 2. The second-order valence-electron chi connectivity index (χ2n) is 4.65. The largest absolute Gasteiger partial charge is 0.508 e. The van der Waals surface area contributed by atoms with Crippen molar-refractivity contribution in [2.24, 2.45) is 5.73 Å². The lowest BCUT2D eigenvalue weighted by Gasteiger charge is -2.04. The average molecular weight is 291 g/mol. The molecule has 0 aliphatic heterocycles. The number of hydrogen-bond acceptors (Lipinski definition) is 4. The average Bonchev–Trinajstić information content (AvgIpc) is 2.81. The summed E-state index contributed by atoms with van der Waals surface area (Å²) in [5, 5.41) is 21.4. The Hall–Kier alpha value is -2.54. The maximum Gasteiger partial charge on any atom is 0.265 e. The van der Waals surface area contributed by atoms with Crippen molar-refractivity contribution >= 4 is 22.7 Å². The van der Waals surface area contributed by atoms with Crippen molar-refractivity contribution < 1.29 is 19.8 Å². The third-order valence-corrected chi connectivity index (χ3v) is 3.17. The third-order valence-electron chi connectivity index (χ3n) is 3.17.